The second-order valence-electron chi connectivity index (χ2n) is 2.56. The summed E-state index contributed by atoms with van der Waals surface area (Å²) >= 11 is 0. The smallest absolute Gasteiger partial charge is 0.304 e. The largest absolute Gasteiger partial charge is 0.481 e. The van der Waals surface area contributed by atoms with Crippen molar-refractivity contribution in [1.82, 2.24) is 5.32 Å². The van der Waals surface area contributed by atoms with Gasteiger partial charge in [-0.1, -0.05) is 6.92 Å². The molecule has 0 heterocycles. The van der Waals surface area contributed by atoms with Crippen molar-refractivity contribution in [3.05, 3.63) is 0 Å². The minimum Gasteiger partial charge on any atom is -0.481 e. The van der Waals surface area contributed by atoms with Crippen LogP contribution in [0.2, 0.25) is 0 Å². The first kappa shape index (κ1) is 10.4. The average Bonchev–Trinajstić information content (AvgIpc) is 1.86. The highest BCUT2D eigenvalue weighted by molar-refractivity contribution is 5.67. The van der Waals surface area contributed by atoms with E-state index in [-0.39, 0.29) is 12.5 Å². The molecule has 0 rings (SSSR count). The molecule has 0 spiro atoms. The first-order valence-electron chi connectivity index (χ1n) is 3.85. The van der Waals surface area contributed by atoms with Crippen molar-refractivity contribution < 1.29 is 9.90 Å². The molecule has 0 saturated carbocycles. The topological polar surface area (TPSA) is 75.3 Å². The monoisotopic (exact) mass is 160 g/mol. The van der Waals surface area contributed by atoms with Gasteiger partial charge in [-0.05, 0) is 13.0 Å². The van der Waals surface area contributed by atoms with Gasteiger partial charge in [-0.25, -0.2) is 0 Å². The van der Waals surface area contributed by atoms with Crippen molar-refractivity contribution in [2.75, 3.05) is 13.1 Å². The minimum absolute atomic E-state index is 0.0384. The van der Waals surface area contributed by atoms with Crippen LogP contribution in [0.4, 0.5) is 0 Å². The highest BCUT2D eigenvalue weighted by atomic mass is 16.4. The Morgan fingerprint density at radius 2 is 2.36 bits per heavy atom. The summed E-state index contributed by atoms with van der Waals surface area (Å²) in [5.41, 5.74) is 5.47. The van der Waals surface area contributed by atoms with E-state index >= 15 is 0 Å². The van der Waals surface area contributed by atoms with E-state index in [1.54, 1.807) is 0 Å². The molecule has 0 aromatic heterocycles. The van der Waals surface area contributed by atoms with Crippen molar-refractivity contribution >= 4 is 5.97 Å². The molecule has 0 saturated heterocycles. The fraction of sp³-hybridized carbons (Fsp3) is 0.857. The molecule has 0 radical (unpaired) electrons. The summed E-state index contributed by atoms with van der Waals surface area (Å²) in [4.78, 5) is 10.1. The van der Waals surface area contributed by atoms with Gasteiger partial charge in [0, 0.05) is 12.6 Å². The third-order valence-corrected chi connectivity index (χ3v) is 1.27. The van der Waals surface area contributed by atoms with Gasteiger partial charge in [-0.2, -0.15) is 0 Å². The number of carboxylic acids is 1. The first-order chi connectivity index (χ1) is 5.16. The van der Waals surface area contributed by atoms with Crippen molar-refractivity contribution in [1.29, 1.82) is 0 Å². The molecule has 1 atom stereocenters. The molecular formula is C7H16N2O2. The fourth-order valence-electron chi connectivity index (χ4n) is 0.761. The molecule has 4 nitrogen and oxygen atoms in total. The number of carbonyl (C=O) groups is 1. The number of rotatable bonds is 6. The van der Waals surface area contributed by atoms with Crippen LogP contribution in [-0.2, 0) is 4.79 Å². The van der Waals surface area contributed by atoms with Crippen LogP contribution in [0.25, 0.3) is 0 Å². The van der Waals surface area contributed by atoms with E-state index in [1.165, 1.54) is 0 Å². The van der Waals surface area contributed by atoms with E-state index in [0.717, 1.165) is 13.0 Å². The predicted molar refractivity (Wildman–Crippen MR) is 43.4 cm³/mol. The summed E-state index contributed by atoms with van der Waals surface area (Å²) in [7, 11) is 0. The maximum Gasteiger partial charge on any atom is 0.304 e. The third kappa shape index (κ3) is 7.29. The highest BCUT2D eigenvalue weighted by Gasteiger charge is 2.05. The number of nitrogens with one attached hydrogen (secondary N) is 1. The molecule has 0 aliphatic heterocycles. The summed E-state index contributed by atoms with van der Waals surface area (Å²) in [5, 5.41) is 11.4. The Balaban J connectivity index is 3.22. The van der Waals surface area contributed by atoms with Crippen molar-refractivity contribution in [2.24, 2.45) is 5.73 Å². The van der Waals surface area contributed by atoms with Crippen LogP contribution < -0.4 is 11.1 Å². The fourth-order valence-corrected chi connectivity index (χ4v) is 0.761. The molecule has 4 N–H and O–H groups in total. The lowest BCUT2D eigenvalue weighted by Gasteiger charge is -2.08. The first-order valence-corrected chi connectivity index (χ1v) is 3.85. The van der Waals surface area contributed by atoms with Gasteiger partial charge < -0.3 is 16.2 Å². The van der Waals surface area contributed by atoms with E-state index in [2.05, 4.69) is 12.2 Å². The zero-order valence-corrected chi connectivity index (χ0v) is 6.84. The number of nitrogens with two attached hydrogens (primary N) is 1. The van der Waals surface area contributed by atoms with Crippen LogP contribution in [-0.4, -0.2) is 30.2 Å². The molecule has 0 amide bonds. The maximum atomic E-state index is 10.1. The summed E-state index contributed by atoms with van der Waals surface area (Å²) in [5.74, 6) is -0.837. The lowest BCUT2D eigenvalue weighted by atomic mass is 10.2. The number of hydrogen-bond acceptors (Lipinski definition) is 3. The molecule has 0 aliphatic carbocycles. The summed E-state index contributed by atoms with van der Waals surface area (Å²) in [6.45, 7) is 3.53. The number of hydrogen-bond donors (Lipinski definition) is 3. The highest BCUT2D eigenvalue weighted by Crippen LogP contribution is 1.85. The van der Waals surface area contributed by atoms with Crippen molar-refractivity contribution in [3.8, 4) is 0 Å². The average molecular weight is 160 g/mol. The van der Waals surface area contributed by atoms with Crippen LogP contribution in [0.15, 0.2) is 0 Å². The Hall–Kier alpha value is -0.610. The Kier molecular flexibility index (Phi) is 5.78. The summed E-state index contributed by atoms with van der Waals surface area (Å²) < 4.78 is 0. The lowest BCUT2D eigenvalue weighted by molar-refractivity contribution is -0.137. The van der Waals surface area contributed by atoms with Gasteiger partial charge in [0.05, 0.1) is 6.42 Å². The predicted octanol–water partition coefficient (Wildman–Crippen LogP) is -0.212. The summed E-state index contributed by atoms with van der Waals surface area (Å²) in [6, 6.07) is -0.265. The SMILES string of the molecule is CCCNCC(N)CC(=O)O. The zero-order valence-electron chi connectivity index (χ0n) is 6.84. The van der Waals surface area contributed by atoms with Gasteiger partial charge in [-0.15, -0.1) is 0 Å². The van der Waals surface area contributed by atoms with Gasteiger partial charge >= 0.3 is 5.97 Å². The molecule has 0 bridgehead atoms. The third-order valence-electron chi connectivity index (χ3n) is 1.27. The van der Waals surface area contributed by atoms with Crippen LogP contribution in [0.5, 0.6) is 0 Å². The van der Waals surface area contributed by atoms with E-state index in [4.69, 9.17) is 10.8 Å². The second-order valence-corrected chi connectivity index (χ2v) is 2.56. The Labute approximate surface area is 66.8 Å². The molecule has 4 heteroatoms. The molecule has 0 aliphatic rings. The van der Waals surface area contributed by atoms with Crippen molar-refractivity contribution in [3.63, 3.8) is 0 Å². The van der Waals surface area contributed by atoms with E-state index < -0.39 is 5.97 Å². The Morgan fingerprint density at radius 1 is 1.73 bits per heavy atom. The lowest BCUT2D eigenvalue weighted by Crippen LogP contribution is -2.35. The van der Waals surface area contributed by atoms with Crippen LogP contribution in [0.1, 0.15) is 19.8 Å². The normalized spacial score (nSPS) is 12.9. The van der Waals surface area contributed by atoms with Crippen LogP contribution in [0.3, 0.4) is 0 Å². The van der Waals surface area contributed by atoms with E-state index in [1.807, 2.05) is 0 Å². The molecular weight excluding hydrogens is 144 g/mol. The minimum atomic E-state index is -0.837. The Morgan fingerprint density at radius 3 is 2.82 bits per heavy atom. The molecule has 1 unspecified atom stereocenters. The number of aliphatic carboxylic acids is 1. The zero-order chi connectivity index (χ0) is 8.69. The molecule has 11 heavy (non-hydrogen) atoms. The Bertz CT molecular complexity index is 117. The molecule has 66 valence electrons. The van der Waals surface area contributed by atoms with Gasteiger partial charge in [0.15, 0.2) is 0 Å². The van der Waals surface area contributed by atoms with E-state index in [9.17, 15) is 4.79 Å². The number of carboxylic acid groups (broad SMARTS) is 1. The molecule has 0 aromatic rings. The van der Waals surface area contributed by atoms with Crippen LogP contribution >= 0.6 is 0 Å². The maximum absolute atomic E-state index is 10.1. The standard InChI is InChI=1S/C7H16N2O2/c1-2-3-9-5-6(8)4-7(10)11/h6,9H,2-5,8H2,1H3,(H,10,11). The van der Waals surface area contributed by atoms with Gasteiger partial charge in [0.1, 0.15) is 0 Å². The van der Waals surface area contributed by atoms with Gasteiger partial charge in [-0.3, -0.25) is 4.79 Å². The van der Waals surface area contributed by atoms with Crippen LogP contribution in [0, 0.1) is 0 Å². The molecule has 0 aromatic carbocycles. The summed E-state index contributed by atoms with van der Waals surface area (Å²) in [6.07, 6.45) is 1.08. The van der Waals surface area contributed by atoms with Gasteiger partial charge in [0.25, 0.3) is 0 Å². The quantitative estimate of drug-likeness (QED) is 0.470. The second kappa shape index (κ2) is 6.12. The molecule has 0 fully saturated rings. The van der Waals surface area contributed by atoms with Gasteiger partial charge in [0.2, 0.25) is 0 Å². The van der Waals surface area contributed by atoms with Crippen molar-refractivity contribution in [2.45, 2.75) is 25.8 Å². The van der Waals surface area contributed by atoms with E-state index in [0.29, 0.717) is 6.54 Å².